The molecule has 1 aromatic carbocycles. The van der Waals surface area contributed by atoms with Crippen molar-refractivity contribution in [3.8, 4) is 11.5 Å². The van der Waals surface area contributed by atoms with Crippen LogP contribution < -0.4 is 9.47 Å². The van der Waals surface area contributed by atoms with Gasteiger partial charge in [-0.15, -0.1) is 0 Å². The highest BCUT2D eigenvalue weighted by Gasteiger charge is 2.10. The summed E-state index contributed by atoms with van der Waals surface area (Å²) < 4.78 is 11.9. The molecule has 0 aromatic heterocycles. The van der Waals surface area contributed by atoms with E-state index in [9.17, 15) is 0 Å². The molecule has 0 fully saturated rings. The van der Waals surface area contributed by atoms with Gasteiger partial charge in [0.1, 0.15) is 0 Å². The van der Waals surface area contributed by atoms with Gasteiger partial charge in [0.2, 0.25) is 0 Å². The molecule has 0 saturated heterocycles. The van der Waals surface area contributed by atoms with Crippen LogP contribution in [-0.2, 0) is 6.42 Å². The molecule has 0 saturated carbocycles. The third-order valence-corrected chi connectivity index (χ3v) is 3.23. The second-order valence-electron chi connectivity index (χ2n) is 4.45. The number of methoxy groups -OCH3 is 1. The van der Waals surface area contributed by atoms with E-state index in [1.54, 1.807) is 7.11 Å². The minimum atomic E-state index is 0.643. The molecule has 3 nitrogen and oxygen atoms in total. The standard InChI is InChI=1S/C14H22BrNO2/c1-5-18-13-10-11(7-6-8-16(2)3)9-12(15)14(13)17-4/h9-10H,5-8H2,1-4H3. The molecule has 0 aliphatic rings. The molecule has 0 heterocycles. The van der Waals surface area contributed by atoms with Gasteiger partial charge in [-0.05, 0) is 74.0 Å². The van der Waals surface area contributed by atoms with Crippen molar-refractivity contribution in [2.24, 2.45) is 0 Å². The van der Waals surface area contributed by atoms with Gasteiger partial charge in [0.15, 0.2) is 11.5 Å². The molecule has 0 aliphatic carbocycles. The summed E-state index contributed by atoms with van der Waals surface area (Å²) in [4.78, 5) is 2.20. The Hall–Kier alpha value is -0.740. The van der Waals surface area contributed by atoms with Gasteiger partial charge in [-0.25, -0.2) is 0 Å². The van der Waals surface area contributed by atoms with Gasteiger partial charge in [0, 0.05) is 0 Å². The number of ether oxygens (including phenoxy) is 2. The lowest BCUT2D eigenvalue weighted by Gasteiger charge is -2.14. The summed E-state index contributed by atoms with van der Waals surface area (Å²) in [5.41, 5.74) is 1.27. The zero-order chi connectivity index (χ0) is 13.5. The summed E-state index contributed by atoms with van der Waals surface area (Å²) in [6.45, 7) is 3.71. The summed E-state index contributed by atoms with van der Waals surface area (Å²) in [6.07, 6.45) is 2.18. The third kappa shape index (κ3) is 4.50. The van der Waals surface area contributed by atoms with Gasteiger partial charge in [0.25, 0.3) is 0 Å². The van der Waals surface area contributed by atoms with Crippen LogP contribution in [0.5, 0.6) is 11.5 Å². The zero-order valence-corrected chi connectivity index (χ0v) is 13.2. The summed E-state index contributed by atoms with van der Waals surface area (Å²) in [5, 5.41) is 0. The quantitative estimate of drug-likeness (QED) is 0.770. The Balaban J connectivity index is 2.80. The molecule has 1 aromatic rings. The summed E-state index contributed by atoms with van der Waals surface area (Å²) in [6, 6.07) is 4.18. The molecule has 0 amide bonds. The average molecular weight is 316 g/mol. The normalized spacial score (nSPS) is 10.8. The van der Waals surface area contributed by atoms with Crippen molar-refractivity contribution in [3.63, 3.8) is 0 Å². The van der Waals surface area contributed by atoms with Crippen LogP contribution in [0.2, 0.25) is 0 Å². The highest BCUT2D eigenvalue weighted by atomic mass is 79.9. The smallest absolute Gasteiger partial charge is 0.174 e. The first-order valence-electron chi connectivity index (χ1n) is 6.22. The predicted molar refractivity (Wildman–Crippen MR) is 78.7 cm³/mol. The summed E-state index contributed by atoms with van der Waals surface area (Å²) >= 11 is 3.53. The van der Waals surface area contributed by atoms with Crippen LogP contribution in [0.4, 0.5) is 0 Å². The topological polar surface area (TPSA) is 21.7 Å². The predicted octanol–water partition coefficient (Wildman–Crippen LogP) is 3.35. The van der Waals surface area contributed by atoms with Crippen molar-refractivity contribution in [2.45, 2.75) is 19.8 Å². The van der Waals surface area contributed by atoms with Gasteiger partial charge in [-0.3, -0.25) is 0 Å². The fourth-order valence-corrected chi connectivity index (χ4v) is 2.48. The Kier molecular flexibility index (Phi) is 6.50. The SMILES string of the molecule is CCOc1cc(CCCN(C)C)cc(Br)c1OC. The van der Waals surface area contributed by atoms with Crippen molar-refractivity contribution < 1.29 is 9.47 Å². The largest absolute Gasteiger partial charge is 0.492 e. The number of aryl methyl sites for hydroxylation is 1. The third-order valence-electron chi connectivity index (χ3n) is 2.64. The van der Waals surface area contributed by atoms with Gasteiger partial charge < -0.3 is 14.4 Å². The summed E-state index contributed by atoms with van der Waals surface area (Å²) in [5.74, 6) is 1.59. The molecule has 0 atom stereocenters. The van der Waals surface area contributed by atoms with Crippen LogP contribution in [0.25, 0.3) is 0 Å². The van der Waals surface area contributed by atoms with Crippen LogP contribution in [0, 0.1) is 0 Å². The van der Waals surface area contributed by atoms with E-state index in [0.717, 1.165) is 35.4 Å². The Morgan fingerprint density at radius 1 is 1.28 bits per heavy atom. The molecular weight excluding hydrogens is 294 g/mol. The van der Waals surface area contributed by atoms with Crippen LogP contribution in [0.1, 0.15) is 18.9 Å². The van der Waals surface area contributed by atoms with E-state index in [4.69, 9.17) is 9.47 Å². The van der Waals surface area contributed by atoms with E-state index in [-0.39, 0.29) is 0 Å². The number of benzene rings is 1. The van der Waals surface area contributed by atoms with Crippen LogP contribution in [0.3, 0.4) is 0 Å². The van der Waals surface area contributed by atoms with Gasteiger partial charge in [0.05, 0.1) is 18.2 Å². The molecule has 1 rings (SSSR count). The van der Waals surface area contributed by atoms with E-state index >= 15 is 0 Å². The molecule has 0 radical (unpaired) electrons. The highest BCUT2D eigenvalue weighted by molar-refractivity contribution is 9.10. The van der Waals surface area contributed by atoms with E-state index in [1.165, 1.54) is 5.56 Å². The number of nitrogens with zero attached hydrogens (tertiary/aromatic N) is 1. The monoisotopic (exact) mass is 315 g/mol. The molecule has 0 N–H and O–H groups in total. The first-order chi connectivity index (χ1) is 8.58. The molecule has 0 bridgehead atoms. The molecule has 102 valence electrons. The lowest BCUT2D eigenvalue weighted by Crippen LogP contribution is -2.13. The maximum atomic E-state index is 5.61. The fourth-order valence-electron chi connectivity index (χ4n) is 1.83. The minimum absolute atomic E-state index is 0.643. The van der Waals surface area contributed by atoms with Crippen molar-refractivity contribution in [1.82, 2.24) is 4.90 Å². The second-order valence-corrected chi connectivity index (χ2v) is 5.30. The van der Waals surface area contributed by atoms with Gasteiger partial charge in [-0.2, -0.15) is 0 Å². The van der Waals surface area contributed by atoms with E-state index in [0.29, 0.717) is 6.61 Å². The maximum absolute atomic E-state index is 5.61. The van der Waals surface area contributed by atoms with Crippen molar-refractivity contribution >= 4 is 15.9 Å². The van der Waals surface area contributed by atoms with Crippen LogP contribution in [0.15, 0.2) is 16.6 Å². The molecule has 0 spiro atoms. The van der Waals surface area contributed by atoms with Gasteiger partial charge >= 0.3 is 0 Å². The minimum Gasteiger partial charge on any atom is -0.492 e. The Bertz CT molecular complexity index is 380. The highest BCUT2D eigenvalue weighted by Crippen LogP contribution is 2.36. The second kappa shape index (κ2) is 7.64. The first kappa shape index (κ1) is 15.3. The number of halogens is 1. The molecule has 0 unspecified atom stereocenters. The number of hydrogen-bond acceptors (Lipinski definition) is 3. The van der Waals surface area contributed by atoms with Crippen LogP contribution in [-0.4, -0.2) is 39.3 Å². The zero-order valence-electron chi connectivity index (χ0n) is 11.6. The average Bonchev–Trinajstić information content (AvgIpc) is 2.28. The lowest BCUT2D eigenvalue weighted by atomic mass is 10.1. The lowest BCUT2D eigenvalue weighted by molar-refractivity contribution is 0.309. The first-order valence-corrected chi connectivity index (χ1v) is 7.01. The molecule has 18 heavy (non-hydrogen) atoms. The molecular formula is C14H22BrNO2. The van der Waals surface area contributed by atoms with E-state index in [1.807, 2.05) is 6.92 Å². The maximum Gasteiger partial charge on any atom is 0.174 e. The fraction of sp³-hybridized carbons (Fsp3) is 0.571. The van der Waals surface area contributed by atoms with Crippen LogP contribution >= 0.6 is 15.9 Å². The Labute approximate surface area is 118 Å². The Morgan fingerprint density at radius 3 is 2.56 bits per heavy atom. The van der Waals surface area contributed by atoms with E-state index in [2.05, 4.69) is 47.1 Å². The van der Waals surface area contributed by atoms with E-state index < -0.39 is 0 Å². The van der Waals surface area contributed by atoms with Crippen molar-refractivity contribution in [1.29, 1.82) is 0 Å². The molecule has 4 heteroatoms. The number of hydrogen-bond donors (Lipinski definition) is 0. The van der Waals surface area contributed by atoms with Crippen molar-refractivity contribution in [2.75, 3.05) is 34.4 Å². The number of rotatable bonds is 7. The molecule has 0 aliphatic heterocycles. The van der Waals surface area contributed by atoms with Gasteiger partial charge in [-0.1, -0.05) is 0 Å². The Morgan fingerprint density at radius 2 is 2.00 bits per heavy atom. The summed E-state index contributed by atoms with van der Waals surface area (Å²) in [7, 11) is 5.85. The van der Waals surface area contributed by atoms with Crippen molar-refractivity contribution in [3.05, 3.63) is 22.2 Å².